The molecule has 1 aromatic carbocycles. The van der Waals surface area contributed by atoms with Crippen molar-refractivity contribution in [3.05, 3.63) is 54.4 Å². The summed E-state index contributed by atoms with van der Waals surface area (Å²) in [7, 11) is 0. The first-order valence-electron chi connectivity index (χ1n) is 8.72. The maximum atomic E-state index is 13.3. The van der Waals surface area contributed by atoms with Crippen LogP contribution in [0, 0.1) is 0 Å². The number of benzene rings is 1. The molecule has 1 atom stereocenters. The molecule has 3 N–H and O–H groups in total. The minimum atomic E-state index is -4.39. The Morgan fingerprint density at radius 1 is 1.14 bits per heavy atom. The molecule has 0 unspecified atom stereocenters. The van der Waals surface area contributed by atoms with E-state index < -0.39 is 11.7 Å². The van der Waals surface area contributed by atoms with Gasteiger partial charge in [0.15, 0.2) is 5.82 Å². The average Bonchev–Trinajstić information content (AvgIpc) is 3.32. The van der Waals surface area contributed by atoms with Crippen LogP contribution < -0.4 is 16.0 Å². The van der Waals surface area contributed by atoms with Crippen LogP contribution >= 0.6 is 0 Å². The third kappa shape index (κ3) is 3.71. The molecule has 0 spiro atoms. The number of nitrogens with two attached hydrogens (primary N) is 1. The molecule has 4 rings (SSSR count). The maximum Gasteiger partial charge on any atom is 0.418 e. The van der Waals surface area contributed by atoms with E-state index in [1.165, 1.54) is 12.1 Å². The Balaban J connectivity index is 1.51. The van der Waals surface area contributed by atoms with Crippen LogP contribution in [-0.2, 0) is 6.18 Å². The molecule has 146 valence electrons. The van der Waals surface area contributed by atoms with E-state index in [2.05, 4.69) is 20.4 Å². The highest BCUT2D eigenvalue weighted by Gasteiger charge is 2.36. The van der Waals surface area contributed by atoms with E-state index >= 15 is 0 Å². The molecule has 7 nitrogen and oxygen atoms in total. The highest BCUT2D eigenvalue weighted by Crippen LogP contribution is 2.37. The lowest BCUT2D eigenvalue weighted by atomic mass is 10.1. The van der Waals surface area contributed by atoms with E-state index in [9.17, 15) is 13.2 Å². The number of nitrogen functional groups attached to an aromatic ring is 1. The van der Waals surface area contributed by atoms with Gasteiger partial charge in [-0.05, 0) is 24.6 Å². The zero-order valence-corrected chi connectivity index (χ0v) is 14.8. The Morgan fingerprint density at radius 2 is 1.96 bits per heavy atom. The number of nitrogens with zero attached hydrogens (tertiary/aromatic N) is 5. The molecule has 0 aliphatic carbocycles. The zero-order chi connectivity index (χ0) is 19.7. The highest BCUT2D eigenvalue weighted by molar-refractivity contribution is 5.56. The summed E-state index contributed by atoms with van der Waals surface area (Å²) in [5.74, 6) is 1.11. The number of halogens is 3. The number of aromatic nitrogens is 4. The molecule has 1 aliphatic rings. The van der Waals surface area contributed by atoms with Crippen LogP contribution in [-0.4, -0.2) is 38.9 Å². The summed E-state index contributed by atoms with van der Waals surface area (Å²) >= 11 is 0. The van der Waals surface area contributed by atoms with Crippen molar-refractivity contribution < 1.29 is 13.2 Å². The van der Waals surface area contributed by atoms with Crippen LogP contribution in [0.5, 0.6) is 0 Å². The topological polar surface area (TPSA) is 84.9 Å². The summed E-state index contributed by atoms with van der Waals surface area (Å²) in [5.41, 5.74) is 5.36. The molecule has 0 amide bonds. The number of hydrogen-bond donors (Lipinski definition) is 2. The smallest absolute Gasteiger partial charge is 0.369 e. The second kappa shape index (κ2) is 7.02. The Hall–Kier alpha value is -3.30. The van der Waals surface area contributed by atoms with Gasteiger partial charge in [0.25, 0.3) is 0 Å². The summed E-state index contributed by atoms with van der Waals surface area (Å²) in [6.07, 6.45) is -0.357. The van der Waals surface area contributed by atoms with E-state index in [4.69, 9.17) is 5.73 Å². The monoisotopic (exact) mass is 389 g/mol. The molecular weight excluding hydrogens is 371 g/mol. The molecule has 10 heteroatoms. The van der Waals surface area contributed by atoms with Gasteiger partial charge in [0.1, 0.15) is 5.82 Å². The van der Waals surface area contributed by atoms with E-state index in [-0.39, 0.29) is 17.7 Å². The van der Waals surface area contributed by atoms with Gasteiger partial charge in [0, 0.05) is 43.3 Å². The van der Waals surface area contributed by atoms with Crippen LogP contribution in [0.3, 0.4) is 0 Å². The molecule has 0 saturated carbocycles. The lowest BCUT2D eigenvalue weighted by Gasteiger charge is -2.23. The standard InChI is InChI=1S/C18H18F3N7/c19-18(20,21)13-4-1-2-5-14(13)27-9-6-12(11-27)24-15-10-16(26-17(22)25-15)28-8-3-7-23-28/h1-5,7-8,10,12H,6,9,11H2,(H3,22,24,25,26)/t12-/m0/s1. The number of rotatable bonds is 4. The Labute approximate surface area is 159 Å². The average molecular weight is 389 g/mol. The lowest BCUT2D eigenvalue weighted by Crippen LogP contribution is -2.28. The Kier molecular flexibility index (Phi) is 4.54. The summed E-state index contributed by atoms with van der Waals surface area (Å²) in [6.45, 7) is 0.936. The zero-order valence-electron chi connectivity index (χ0n) is 14.8. The lowest BCUT2D eigenvalue weighted by molar-refractivity contribution is -0.137. The van der Waals surface area contributed by atoms with Gasteiger partial charge in [0.2, 0.25) is 5.95 Å². The van der Waals surface area contributed by atoms with Crippen LogP contribution in [0.25, 0.3) is 5.82 Å². The molecule has 1 fully saturated rings. The molecule has 1 aliphatic heterocycles. The predicted octanol–water partition coefficient (Wildman–Crippen LogP) is 2.95. The van der Waals surface area contributed by atoms with E-state index in [1.807, 2.05) is 0 Å². The van der Waals surface area contributed by atoms with Crippen molar-refractivity contribution in [2.24, 2.45) is 0 Å². The van der Waals surface area contributed by atoms with Crippen LogP contribution in [0.1, 0.15) is 12.0 Å². The number of alkyl halides is 3. The number of hydrogen-bond acceptors (Lipinski definition) is 6. The van der Waals surface area contributed by atoms with Crippen molar-refractivity contribution in [2.75, 3.05) is 29.0 Å². The Bertz CT molecular complexity index is 956. The first-order valence-corrected chi connectivity index (χ1v) is 8.72. The Morgan fingerprint density at radius 3 is 2.71 bits per heavy atom. The summed E-state index contributed by atoms with van der Waals surface area (Å²) in [5, 5.41) is 7.36. The molecular formula is C18H18F3N7. The van der Waals surface area contributed by atoms with Gasteiger partial charge in [-0.3, -0.25) is 0 Å². The fraction of sp³-hybridized carbons (Fsp3) is 0.278. The van der Waals surface area contributed by atoms with Gasteiger partial charge in [-0.2, -0.15) is 28.2 Å². The fourth-order valence-corrected chi connectivity index (χ4v) is 3.34. The van der Waals surface area contributed by atoms with Crippen LogP contribution in [0.2, 0.25) is 0 Å². The van der Waals surface area contributed by atoms with Crippen molar-refractivity contribution in [3.8, 4) is 5.82 Å². The summed E-state index contributed by atoms with van der Waals surface area (Å²) in [6, 6.07) is 9.03. The third-order valence-corrected chi connectivity index (χ3v) is 4.56. The van der Waals surface area contributed by atoms with Gasteiger partial charge in [-0.1, -0.05) is 12.1 Å². The van der Waals surface area contributed by atoms with Crippen LogP contribution in [0.4, 0.5) is 30.6 Å². The predicted molar refractivity (Wildman–Crippen MR) is 99.3 cm³/mol. The maximum absolute atomic E-state index is 13.3. The minimum absolute atomic E-state index is 0.0685. The quantitative estimate of drug-likeness (QED) is 0.714. The molecule has 0 radical (unpaired) electrons. The summed E-state index contributed by atoms with van der Waals surface area (Å²) in [4.78, 5) is 10.1. The molecule has 3 heterocycles. The van der Waals surface area contributed by atoms with E-state index in [0.717, 1.165) is 6.07 Å². The number of nitrogens with one attached hydrogen (secondary N) is 1. The van der Waals surface area contributed by atoms with Crippen molar-refractivity contribution in [3.63, 3.8) is 0 Å². The van der Waals surface area contributed by atoms with Gasteiger partial charge in [-0.25, -0.2) is 4.68 Å². The number of para-hydroxylation sites is 1. The van der Waals surface area contributed by atoms with Crippen LogP contribution in [0.15, 0.2) is 48.8 Å². The second-order valence-corrected chi connectivity index (χ2v) is 6.51. The first kappa shape index (κ1) is 18.1. The van der Waals surface area contributed by atoms with Crippen molar-refractivity contribution in [2.45, 2.75) is 18.6 Å². The molecule has 0 bridgehead atoms. The van der Waals surface area contributed by atoms with Crippen molar-refractivity contribution in [1.29, 1.82) is 0 Å². The molecule has 2 aromatic heterocycles. The van der Waals surface area contributed by atoms with E-state index in [1.54, 1.807) is 40.2 Å². The van der Waals surface area contributed by atoms with Gasteiger partial charge >= 0.3 is 6.18 Å². The SMILES string of the molecule is Nc1nc(N[C@H]2CCN(c3ccccc3C(F)(F)F)C2)cc(-n2cccn2)n1. The highest BCUT2D eigenvalue weighted by atomic mass is 19.4. The fourth-order valence-electron chi connectivity index (χ4n) is 3.34. The van der Waals surface area contributed by atoms with Crippen molar-refractivity contribution >= 4 is 17.5 Å². The molecule has 3 aromatic rings. The largest absolute Gasteiger partial charge is 0.418 e. The van der Waals surface area contributed by atoms with Gasteiger partial charge < -0.3 is 16.0 Å². The summed E-state index contributed by atoms with van der Waals surface area (Å²) < 4.78 is 41.4. The van der Waals surface area contributed by atoms with Gasteiger partial charge in [0.05, 0.1) is 5.56 Å². The van der Waals surface area contributed by atoms with Gasteiger partial charge in [-0.15, -0.1) is 0 Å². The first-order chi connectivity index (χ1) is 13.4. The molecule has 1 saturated heterocycles. The minimum Gasteiger partial charge on any atom is -0.369 e. The molecule has 28 heavy (non-hydrogen) atoms. The van der Waals surface area contributed by atoms with E-state index in [0.29, 0.717) is 31.1 Å². The van der Waals surface area contributed by atoms with Crippen molar-refractivity contribution in [1.82, 2.24) is 19.7 Å². The third-order valence-electron chi connectivity index (χ3n) is 4.56. The number of anilines is 3. The normalized spacial score (nSPS) is 17.1. The second-order valence-electron chi connectivity index (χ2n) is 6.51.